The molecule has 0 heterocycles. The summed E-state index contributed by atoms with van der Waals surface area (Å²) in [5.74, 6) is 0.908. The fourth-order valence-electron chi connectivity index (χ4n) is 10.4. The van der Waals surface area contributed by atoms with Gasteiger partial charge in [0.1, 0.15) is 0 Å². The van der Waals surface area contributed by atoms with Gasteiger partial charge in [0.15, 0.2) is 0 Å². The number of benzene rings is 4. The van der Waals surface area contributed by atoms with Gasteiger partial charge in [-0.1, -0.05) is 0 Å². The molecule has 0 saturated heterocycles. The van der Waals surface area contributed by atoms with E-state index in [1.807, 2.05) is 0 Å². The monoisotopic (exact) mass is 937 g/mol. The van der Waals surface area contributed by atoms with E-state index in [9.17, 15) is 0 Å². The minimum Gasteiger partial charge on any atom is -1.00 e. The Bertz CT molecular complexity index is 1990. The summed E-state index contributed by atoms with van der Waals surface area (Å²) in [5.41, 5.74) is 10.2. The van der Waals surface area contributed by atoms with Crippen LogP contribution in [0.3, 0.4) is 0 Å². The van der Waals surface area contributed by atoms with Gasteiger partial charge < -0.3 is 24.8 Å². The maximum atomic E-state index is 7.41. The first-order valence-corrected chi connectivity index (χ1v) is 32.7. The fourth-order valence-corrected chi connectivity index (χ4v) is 42.2. The zero-order valence-electron chi connectivity index (χ0n) is 35.4. The normalized spacial score (nSPS) is 19.8. The molecular formula is C50H61Cl2O2Si3Zr. The van der Waals surface area contributed by atoms with Crippen molar-refractivity contribution < 1.29 is 54.6 Å². The first kappa shape index (κ1) is 45.1. The summed E-state index contributed by atoms with van der Waals surface area (Å²) in [7, 11) is -1.90. The molecule has 2 nitrogen and oxygen atoms in total. The smallest absolute Gasteiger partial charge is 1.00 e. The molecule has 0 aromatic heterocycles. The molecule has 0 saturated carbocycles. The van der Waals surface area contributed by atoms with E-state index in [1.165, 1.54) is 73.3 Å². The Morgan fingerprint density at radius 1 is 0.483 bits per heavy atom. The first-order chi connectivity index (χ1) is 27.1. The van der Waals surface area contributed by atoms with E-state index in [-0.39, 0.29) is 35.6 Å². The van der Waals surface area contributed by atoms with Crippen LogP contribution < -0.4 is 45.6 Å². The van der Waals surface area contributed by atoms with Crippen molar-refractivity contribution in [2.24, 2.45) is 10.8 Å². The van der Waals surface area contributed by atoms with Crippen LogP contribution in [0, 0.1) is 10.8 Å². The molecule has 0 N–H and O–H groups in total. The van der Waals surface area contributed by atoms with Gasteiger partial charge in [-0.2, -0.15) is 0 Å². The van der Waals surface area contributed by atoms with Crippen molar-refractivity contribution in [3.8, 4) is 0 Å². The topological polar surface area (TPSA) is 18.5 Å². The zero-order chi connectivity index (χ0) is 38.9. The van der Waals surface area contributed by atoms with Crippen LogP contribution in [0.15, 0.2) is 166 Å². The van der Waals surface area contributed by atoms with Crippen LogP contribution in [0.25, 0.3) is 0 Å². The molecule has 0 aliphatic heterocycles. The maximum absolute atomic E-state index is 7.41. The predicted molar refractivity (Wildman–Crippen MR) is 242 cm³/mol. The molecule has 4 aromatic rings. The molecule has 2 unspecified atom stereocenters. The fraction of sp³-hybridized carbons (Fsp3) is 0.360. The molecule has 0 spiro atoms. The Hall–Kier alpha value is -2.45. The molecule has 0 bridgehead atoms. The van der Waals surface area contributed by atoms with E-state index in [0.717, 1.165) is 0 Å². The van der Waals surface area contributed by atoms with E-state index >= 15 is 0 Å². The Morgan fingerprint density at radius 3 is 1.16 bits per heavy atom. The summed E-state index contributed by atoms with van der Waals surface area (Å²) < 4.78 is 15.9. The van der Waals surface area contributed by atoms with E-state index in [4.69, 9.17) is 8.85 Å². The molecule has 8 heteroatoms. The van der Waals surface area contributed by atoms with E-state index < -0.39 is 46.4 Å². The molecule has 4 aliphatic carbocycles. The summed E-state index contributed by atoms with van der Waals surface area (Å²) in [6.45, 7) is 15.1. The van der Waals surface area contributed by atoms with Gasteiger partial charge in [0.05, 0.1) is 0 Å². The summed E-state index contributed by atoms with van der Waals surface area (Å²) in [5, 5.41) is 6.08. The second-order valence-corrected chi connectivity index (χ2v) is 37.1. The molecule has 58 heavy (non-hydrogen) atoms. The van der Waals surface area contributed by atoms with Crippen molar-refractivity contribution in [2.75, 3.05) is 0 Å². The standard InChI is InChI=1S/2C19H25OSi.C12H11Si.2ClH.Zr/c2*1-19(2,3)17-13-14-9-7-8-12-16(14)18(17)20-21-15-10-5-4-6-11-15;1-3-7-11(8-4-1)13-12-9-5-2-6-10-12;;;/h2*4-6,10-11,13H,7-9,12,21H2,1-3H3;1-10,13H;2*1H;/q;;;;;+2/p-2. The van der Waals surface area contributed by atoms with E-state index in [1.54, 1.807) is 43.8 Å². The molecule has 4 aliphatic rings. The average Bonchev–Trinajstić information content (AvgIpc) is 3.73. The second-order valence-electron chi connectivity index (χ2n) is 18.6. The van der Waals surface area contributed by atoms with Gasteiger partial charge in [-0.25, -0.2) is 0 Å². The molecule has 0 amide bonds. The van der Waals surface area contributed by atoms with Gasteiger partial charge in [0.25, 0.3) is 0 Å². The zero-order valence-corrected chi connectivity index (χ0v) is 43.4. The third-order valence-corrected chi connectivity index (χ3v) is 38.1. The largest absolute Gasteiger partial charge is 1.00 e. The van der Waals surface area contributed by atoms with Crippen LogP contribution in [0.4, 0.5) is 0 Å². The van der Waals surface area contributed by atoms with Gasteiger partial charge in [-0.05, 0) is 0 Å². The molecule has 0 radical (unpaired) electrons. The molecule has 2 atom stereocenters. The van der Waals surface area contributed by atoms with Gasteiger partial charge in [-0.3, -0.25) is 0 Å². The van der Waals surface area contributed by atoms with E-state index in [2.05, 4.69) is 163 Å². The summed E-state index contributed by atoms with van der Waals surface area (Å²) in [4.78, 5) is 0. The second kappa shape index (κ2) is 19.5. The van der Waals surface area contributed by atoms with Crippen molar-refractivity contribution in [1.82, 2.24) is 0 Å². The van der Waals surface area contributed by atoms with Crippen molar-refractivity contribution >= 4 is 46.2 Å². The summed E-state index contributed by atoms with van der Waals surface area (Å²) in [6.07, 6.45) is 9.93. The Balaban J connectivity index is 0.00000283. The minimum absolute atomic E-state index is 0. The van der Waals surface area contributed by atoms with Gasteiger partial charge in [-0.15, -0.1) is 0 Å². The number of hydrogen-bond donors (Lipinski definition) is 0. The maximum Gasteiger partial charge on any atom is -1.00 e. The van der Waals surface area contributed by atoms with Crippen LogP contribution in [0.5, 0.6) is 0 Å². The number of allylic oxidation sites excluding steroid dienone is 6. The van der Waals surface area contributed by atoms with Gasteiger partial charge in [0, 0.05) is 0 Å². The SMILES string of the molecule is CC(C)(C)C1=C(O[SiH2]c2ccccc2)C2=C(CCCC2)[CH]1[Zr+2]([CH]1C2=C(CCCC2)C(O[SiH2]c2ccccc2)=C1C(C)(C)C)[SiH](c1ccccc1)c1ccccc1.[Cl-].[Cl-]. The van der Waals surface area contributed by atoms with Crippen molar-refractivity contribution in [3.05, 3.63) is 166 Å². The van der Waals surface area contributed by atoms with Crippen LogP contribution in [0.2, 0.25) is 7.25 Å². The predicted octanol–water partition coefficient (Wildman–Crippen LogP) is 2.95. The molecule has 303 valence electrons. The van der Waals surface area contributed by atoms with Crippen LogP contribution in [-0.4, -0.2) is 25.4 Å². The molecule has 4 aromatic carbocycles. The summed E-state index contributed by atoms with van der Waals surface area (Å²) in [6, 6.07) is 46.1. The van der Waals surface area contributed by atoms with E-state index in [0.29, 0.717) is 7.25 Å². The molecular weight excluding hydrogens is 879 g/mol. The van der Waals surface area contributed by atoms with Crippen LogP contribution >= 0.6 is 0 Å². The Morgan fingerprint density at radius 2 is 0.810 bits per heavy atom. The molecule has 0 fully saturated rings. The first-order valence-electron chi connectivity index (χ1n) is 21.3. The van der Waals surface area contributed by atoms with Gasteiger partial charge in [0.2, 0.25) is 0 Å². The van der Waals surface area contributed by atoms with Crippen LogP contribution in [-0.2, 0) is 29.8 Å². The van der Waals surface area contributed by atoms with Crippen molar-refractivity contribution in [3.63, 3.8) is 0 Å². The third kappa shape index (κ3) is 9.38. The minimum atomic E-state index is -2.86. The summed E-state index contributed by atoms with van der Waals surface area (Å²) >= 11 is -2.86. The van der Waals surface area contributed by atoms with Gasteiger partial charge >= 0.3 is 353 Å². The number of rotatable bonds is 11. The van der Waals surface area contributed by atoms with Crippen molar-refractivity contribution in [1.29, 1.82) is 0 Å². The number of hydrogen-bond acceptors (Lipinski definition) is 2. The Labute approximate surface area is 375 Å². The third-order valence-electron chi connectivity index (χ3n) is 12.7. The Kier molecular flexibility index (Phi) is 15.2. The van der Waals surface area contributed by atoms with Crippen LogP contribution in [0.1, 0.15) is 92.9 Å². The van der Waals surface area contributed by atoms with Crippen molar-refractivity contribution in [2.45, 2.75) is 100 Å². The number of halogens is 2. The quantitative estimate of drug-likeness (QED) is 0.216. The molecule has 8 rings (SSSR count). The average molecular weight is 940 g/mol.